The summed E-state index contributed by atoms with van der Waals surface area (Å²) in [5.41, 5.74) is 5.94. The molecule has 0 spiro atoms. The maximum Gasteiger partial charge on any atom is 0.230 e. The molecular weight excluding hydrogens is 192 g/mol. The first kappa shape index (κ1) is 10.6. The molecule has 15 heavy (non-hydrogen) atoms. The van der Waals surface area contributed by atoms with Gasteiger partial charge < -0.3 is 15.2 Å². The first-order valence-corrected chi connectivity index (χ1v) is 5.31. The second-order valence-corrected chi connectivity index (χ2v) is 4.68. The predicted molar refractivity (Wildman–Crippen MR) is 56.3 cm³/mol. The minimum atomic E-state index is -0.161. The highest BCUT2D eigenvalue weighted by Gasteiger charge is 2.39. The summed E-state index contributed by atoms with van der Waals surface area (Å²) in [5, 5.41) is 3.93. The molecule has 0 amide bonds. The van der Waals surface area contributed by atoms with Gasteiger partial charge in [0.2, 0.25) is 5.89 Å². The predicted octanol–water partition coefficient (Wildman–Crippen LogP) is 0.754. The summed E-state index contributed by atoms with van der Waals surface area (Å²) in [6.07, 6.45) is 1.16. The van der Waals surface area contributed by atoms with Crippen molar-refractivity contribution >= 4 is 0 Å². The second kappa shape index (κ2) is 3.90. The van der Waals surface area contributed by atoms with Gasteiger partial charge in [0.15, 0.2) is 5.82 Å². The summed E-state index contributed by atoms with van der Waals surface area (Å²) in [7, 11) is 3.95. The van der Waals surface area contributed by atoms with E-state index in [1.54, 1.807) is 0 Å². The monoisotopic (exact) mass is 210 g/mol. The van der Waals surface area contributed by atoms with E-state index in [2.05, 4.69) is 17.1 Å². The molecule has 1 aromatic rings. The Kier molecular flexibility index (Phi) is 2.75. The molecule has 5 heteroatoms. The van der Waals surface area contributed by atoms with Crippen molar-refractivity contribution in [3.8, 4) is 0 Å². The normalized spacial score (nSPS) is 27.0. The number of hydrogen-bond donors (Lipinski definition) is 1. The number of nitrogens with zero attached hydrogens (tertiary/aromatic N) is 3. The number of aromatic nitrogens is 2. The third-order valence-corrected chi connectivity index (χ3v) is 2.78. The number of nitrogens with two attached hydrogens (primary N) is 1. The van der Waals surface area contributed by atoms with Crippen molar-refractivity contribution < 1.29 is 4.52 Å². The highest BCUT2D eigenvalue weighted by atomic mass is 16.5. The van der Waals surface area contributed by atoms with Crippen LogP contribution in [0.15, 0.2) is 4.52 Å². The van der Waals surface area contributed by atoms with E-state index >= 15 is 0 Å². The molecule has 2 rings (SSSR count). The molecule has 3 unspecified atom stereocenters. The zero-order valence-corrected chi connectivity index (χ0v) is 9.47. The molecule has 2 N–H and O–H groups in total. The van der Waals surface area contributed by atoms with Crippen LogP contribution in [0.3, 0.4) is 0 Å². The zero-order valence-electron chi connectivity index (χ0n) is 9.47. The second-order valence-electron chi connectivity index (χ2n) is 4.68. The fourth-order valence-corrected chi connectivity index (χ4v) is 1.69. The molecule has 1 fully saturated rings. The van der Waals surface area contributed by atoms with Gasteiger partial charge in [-0.3, -0.25) is 0 Å². The van der Waals surface area contributed by atoms with Gasteiger partial charge in [0, 0.05) is 12.5 Å². The molecule has 5 nitrogen and oxygen atoms in total. The van der Waals surface area contributed by atoms with E-state index in [1.165, 1.54) is 0 Å². The van der Waals surface area contributed by atoms with Crippen molar-refractivity contribution in [2.24, 2.45) is 11.7 Å². The van der Waals surface area contributed by atoms with E-state index in [0.717, 1.165) is 18.9 Å². The molecular formula is C10H18N4O. The van der Waals surface area contributed by atoms with Gasteiger partial charge in [0.1, 0.15) is 0 Å². The number of hydrogen-bond acceptors (Lipinski definition) is 5. The zero-order chi connectivity index (χ0) is 11.0. The van der Waals surface area contributed by atoms with Crippen molar-refractivity contribution in [2.75, 3.05) is 20.6 Å². The van der Waals surface area contributed by atoms with Crippen LogP contribution >= 0.6 is 0 Å². The van der Waals surface area contributed by atoms with Gasteiger partial charge >= 0.3 is 0 Å². The van der Waals surface area contributed by atoms with Gasteiger partial charge in [-0.25, -0.2) is 0 Å². The van der Waals surface area contributed by atoms with Crippen LogP contribution in [0.25, 0.3) is 0 Å². The van der Waals surface area contributed by atoms with E-state index in [9.17, 15) is 0 Å². The highest BCUT2D eigenvalue weighted by Crippen LogP contribution is 2.46. The Morgan fingerprint density at radius 3 is 2.80 bits per heavy atom. The van der Waals surface area contributed by atoms with E-state index in [0.29, 0.717) is 17.7 Å². The maximum atomic E-state index is 5.94. The molecule has 1 aliphatic carbocycles. The van der Waals surface area contributed by atoms with E-state index in [-0.39, 0.29) is 6.04 Å². The van der Waals surface area contributed by atoms with Crippen molar-refractivity contribution in [3.63, 3.8) is 0 Å². The Hall–Kier alpha value is -0.940. The van der Waals surface area contributed by atoms with Crippen LogP contribution in [0.4, 0.5) is 0 Å². The number of rotatable bonds is 4. The summed E-state index contributed by atoms with van der Waals surface area (Å²) in [4.78, 5) is 6.36. The fraction of sp³-hybridized carbons (Fsp3) is 0.800. The van der Waals surface area contributed by atoms with Crippen LogP contribution < -0.4 is 5.73 Å². The van der Waals surface area contributed by atoms with Gasteiger partial charge in [-0.2, -0.15) is 4.98 Å². The van der Waals surface area contributed by atoms with Crippen molar-refractivity contribution in [1.29, 1.82) is 0 Å². The van der Waals surface area contributed by atoms with Gasteiger partial charge in [-0.15, -0.1) is 0 Å². The summed E-state index contributed by atoms with van der Waals surface area (Å²) in [6.45, 7) is 2.92. The third kappa shape index (κ3) is 2.35. The lowest BCUT2D eigenvalue weighted by molar-refractivity contribution is 0.345. The lowest BCUT2D eigenvalue weighted by Gasteiger charge is -2.12. The van der Waals surface area contributed by atoms with E-state index in [1.807, 2.05) is 19.0 Å². The van der Waals surface area contributed by atoms with Gasteiger partial charge in [0.05, 0.1) is 6.04 Å². The molecule has 1 aliphatic rings. The lowest BCUT2D eigenvalue weighted by atomic mass is 10.3. The van der Waals surface area contributed by atoms with Crippen LogP contribution in [-0.2, 0) is 0 Å². The molecule has 0 aromatic carbocycles. The van der Waals surface area contributed by atoms with Gasteiger partial charge in [-0.1, -0.05) is 12.1 Å². The maximum absolute atomic E-state index is 5.94. The molecule has 0 radical (unpaired) electrons. The SMILES string of the molecule is CC1CC1c1nc(C(N)CN(C)C)no1. The quantitative estimate of drug-likeness (QED) is 0.794. The fourth-order valence-electron chi connectivity index (χ4n) is 1.69. The first-order chi connectivity index (χ1) is 7.08. The van der Waals surface area contributed by atoms with E-state index < -0.39 is 0 Å². The molecule has 0 aliphatic heterocycles. The van der Waals surface area contributed by atoms with Crippen LogP contribution in [0.5, 0.6) is 0 Å². The Morgan fingerprint density at radius 1 is 1.60 bits per heavy atom. The highest BCUT2D eigenvalue weighted by molar-refractivity contribution is 5.07. The smallest absolute Gasteiger partial charge is 0.230 e. The van der Waals surface area contributed by atoms with Gasteiger partial charge in [-0.05, 0) is 26.4 Å². The molecule has 1 aromatic heterocycles. The summed E-state index contributed by atoms with van der Waals surface area (Å²) < 4.78 is 5.20. The topological polar surface area (TPSA) is 68.2 Å². The Bertz CT molecular complexity index is 336. The van der Waals surface area contributed by atoms with Crippen molar-refractivity contribution in [3.05, 3.63) is 11.7 Å². The lowest BCUT2D eigenvalue weighted by Crippen LogP contribution is -2.26. The molecule has 1 saturated carbocycles. The molecule has 0 bridgehead atoms. The largest absolute Gasteiger partial charge is 0.339 e. The minimum absolute atomic E-state index is 0.161. The molecule has 1 heterocycles. The van der Waals surface area contributed by atoms with Crippen LogP contribution in [0.1, 0.15) is 37.0 Å². The third-order valence-electron chi connectivity index (χ3n) is 2.78. The minimum Gasteiger partial charge on any atom is -0.339 e. The van der Waals surface area contributed by atoms with E-state index in [4.69, 9.17) is 10.3 Å². The average Bonchev–Trinajstić information content (AvgIpc) is 2.70. The molecule has 0 saturated heterocycles. The molecule has 3 atom stereocenters. The van der Waals surface area contributed by atoms with Crippen molar-refractivity contribution in [1.82, 2.24) is 15.0 Å². The Balaban J connectivity index is 2.00. The standard InChI is InChI=1S/C10H18N4O/c1-6-4-7(6)10-12-9(13-15-10)8(11)5-14(2)3/h6-8H,4-5,11H2,1-3H3. The summed E-state index contributed by atoms with van der Waals surface area (Å²) in [5.74, 6) is 2.53. The van der Waals surface area contributed by atoms with Gasteiger partial charge in [0.25, 0.3) is 0 Å². The Labute approximate surface area is 89.6 Å². The van der Waals surface area contributed by atoms with Crippen LogP contribution in [0.2, 0.25) is 0 Å². The number of likely N-dealkylation sites (N-methyl/N-ethyl adjacent to an activating group) is 1. The van der Waals surface area contributed by atoms with Crippen LogP contribution in [-0.4, -0.2) is 35.7 Å². The van der Waals surface area contributed by atoms with Crippen LogP contribution in [0, 0.1) is 5.92 Å². The first-order valence-electron chi connectivity index (χ1n) is 5.31. The average molecular weight is 210 g/mol. The van der Waals surface area contributed by atoms with Crippen molar-refractivity contribution in [2.45, 2.75) is 25.3 Å². The summed E-state index contributed by atoms with van der Waals surface area (Å²) >= 11 is 0. The molecule has 84 valence electrons. The Morgan fingerprint density at radius 2 is 2.27 bits per heavy atom. The summed E-state index contributed by atoms with van der Waals surface area (Å²) in [6, 6.07) is -0.161.